The predicted molar refractivity (Wildman–Crippen MR) is 124 cm³/mol. The van der Waals surface area contributed by atoms with E-state index < -0.39 is 6.04 Å². The van der Waals surface area contributed by atoms with Gasteiger partial charge in [-0.3, -0.25) is 14.6 Å². The Bertz CT molecular complexity index is 1100. The lowest BCUT2D eigenvalue weighted by Gasteiger charge is -2.25. The monoisotopic (exact) mass is 449 g/mol. The Balaban J connectivity index is 1.44. The van der Waals surface area contributed by atoms with Gasteiger partial charge in [-0.15, -0.1) is 0 Å². The van der Waals surface area contributed by atoms with Crippen molar-refractivity contribution in [2.24, 2.45) is 0 Å². The second-order valence-corrected chi connectivity index (χ2v) is 8.16. The van der Waals surface area contributed by atoms with E-state index in [1.54, 1.807) is 35.5 Å². The third kappa shape index (κ3) is 4.92. The number of halogens is 1. The summed E-state index contributed by atoms with van der Waals surface area (Å²) in [6.07, 6.45) is 5.72. The Morgan fingerprint density at radius 1 is 1.09 bits per heavy atom. The highest BCUT2D eigenvalue weighted by Crippen LogP contribution is 2.28. The zero-order chi connectivity index (χ0) is 22.5. The zero-order valence-corrected chi connectivity index (χ0v) is 18.5. The molecule has 1 aliphatic heterocycles. The molecule has 2 heterocycles. The first-order valence-corrected chi connectivity index (χ1v) is 10.9. The number of nitrogens with one attached hydrogen (secondary N) is 1. The third-order valence-corrected chi connectivity index (χ3v) is 5.82. The van der Waals surface area contributed by atoms with Gasteiger partial charge in [0.25, 0.3) is 5.91 Å². The van der Waals surface area contributed by atoms with Crippen molar-refractivity contribution in [3.05, 3.63) is 88.7 Å². The fraction of sp³-hybridized carbons (Fsp3) is 0.240. The van der Waals surface area contributed by atoms with Crippen LogP contribution in [0.15, 0.2) is 67.0 Å². The quantitative estimate of drug-likeness (QED) is 0.598. The van der Waals surface area contributed by atoms with Crippen molar-refractivity contribution in [3.63, 3.8) is 0 Å². The molecule has 1 fully saturated rings. The van der Waals surface area contributed by atoms with E-state index in [0.29, 0.717) is 35.0 Å². The van der Waals surface area contributed by atoms with Crippen LogP contribution in [0.1, 0.15) is 34.3 Å². The summed E-state index contributed by atoms with van der Waals surface area (Å²) >= 11 is 6.09. The van der Waals surface area contributed by atoms with Crippen LogP contribution in [0.2, 0.25) is 5.02 Å². The van der Waals surface area contributed by atoms with Crippen molar-refractivity contribution in [2.75, 3.05) is 19.0 Å². The fourth-order valence-corrected chi connectivity index (χ4v) is 4.12. The van der Waals surface area contributed by atoms with Crippen LogP contribution < -0.4 is 10.1 Å². The molecule has 0 spiro atoms. The molecule has 1 aliphatic rings. The van der Waals surface area contributed by atoms with Gasteiger partial charge in [0.2, 0.25) is 5.91 Å². The number of aromatic nitrogens is 1. The second-order valence-electron chi connectivity index (χ2n) is 7.72. The largest absolute Gasteiger partial charge is 0.496 e. The number of nitrogens with zero attached hydrogens (tertiary/aromatic N) is 2. The van der Waals surface area contributed by atoms with Gasteiger partial charge in [0, 0.05) is 29.6 Å². The molecule has 3 aromatic rings. The van der Waals surface area contributed by atoms with E-state index >= 15 is 0 Å². The summed E-state index contributed by atoms with van der Waals surface area (Å²) in [4.78, 5) is 31.8. The number of likely N-dealkylation sites (tertiary alicyclic amines) is 1. The number of amides is 2. The maximum atomic E-state index is 13.2. The van der Waals surface area contributed by atoms with Crippen LogP contribution >= 0.6 is 11.6 Å². The van der Waals surface area contributed by atoms with Crippen molar-refractivity contribution < 1.29 is 14.3 Å². The molecule has 2 aromatic carbocycles. The fourth-order valence-electron chi connectivity index (χ4n) is 3.95. The molecule has 7 heteroatoms. The lowest BCUT2D eigenvalue weighted by Crippen LogP contribution is -2.43. The maximum Gasteiger partial charge on any atom is 0.258 e. The average Bonchev–Trinajstić information content (AvgIpc) is 3.31. The molecule has 32 heavy (non-hydrogen) atoms. The summed E-state index contributed by atoms with van der Waals surface area (Å²) < 4.78 is 5.32. The smallest absolute Gasteiger partial charge is 0.258 e. The molecule has 1 saturated heterocycles. The summed E-state index contributed by atoms with van der Waals surface area (Å²) in [6, 6.07) is 16.1. The average molecular weight is 450 g/mol. The van der Waals surface area contributed by atoms with Crippen molar-refractivity contribution >= 4 is 29.1 Å². The number of ether oxygens (including phenoxy) is 1. The van der Waals surface area contributed by atoms with Gasteiger partial charge in [0.1, 0.15) is 11.8 Å². The number of methoxy groups -OCH3 is 1. The molecular formula is C25H24ClN3O3. The Morgan fingerprint density at radius 3 is 2.53 bits per heavy atom. The highest BCUT2D eigenvalue weighted by Gasteiger charge is 2.35. The number of benzene rings is 2. The van der Waals surface area contributed by atoms with Crippen LogP contribution in [0.25, 0.3) is 0 Å². The molecule has 0 radical (unpaired) electrons. The van der Waals surface area contributed by atoms with Crippen molar-refractivity contribution in [3.8, 4) is 5.75 Å². The van der Waals surface area contributed by atoms with Gasteiger partial charge in [0.05, 0.1) is 12.7 Å². The molecule has 1 N–H and O–H groups in total. The minimum Gasteiger partial charge on any atom is -0.496 e. The first-order chi connectivity index (χ1) is 15.5. The maximum absolute atomic E-state index is 13.2. The lowest BCUT2D eigenvalue weighted by atomic mass is 10.1. The number of rotatable bonds is 6. The summed E-state index contributed by atoms with van der Waals surface area (Å²) in [5.41, 5.74) is 3.38. The van der Waals surface area contributed by atoms with E-state index in [2.05, 4.69) is 10.3 Å². The van der Waals surface area contributed by atoms with Crippen LogP contribution in [0.3, 0.4) is 0 Å². The first kappa shape index (κ1) is 21.8. The number of hydrogen-bond donors (Lipinski definition) is 1. The molecule has 6 nitrogen and oxygen atoms in total. The minimum atomic E-state index is -0.539. The minimum absolute atomic E-state index is 0.196. The zero-order valence-electron chi connectivity index (χ0n) is 17.8. The first-order valence-electron chi connectivity index (χ1n) is 10.5. The standard InChI is InChI=1S/C25H24ClN3O3/c1-32-23-9-6-19(26)16-21(23)25(31)29-14-2-3-22(29)24(30)28-20-7-4-17(5-8-20)15-18-10-12-27-13-11-18/h4-13,16,22H,2-3,14-15H2,1H3,(H,28,30). The van der Waals surface area contributed by atoms with Crippen molar-refractivity contribution in [2.45, 2.75) is 25.3 Å². The summed E-state index contributed by atoms with van der Waals surface area (Å²) in [5, 5.41) is 3.40. The Labute approximate surface area is 192 Å². The van der Waals surface area contributed by atoms with Gasteiger partial charge < -0.3 is 15.0 Å². The van der Waals surface area contributed by atoms with E-state index in [1.807, 2.05) is 36.4 Å². The summed E-state index contributed by atoms with van der Waals surface area (Å²) in [7, 11) is 1.51. The van der Waals surface area contributed by atoms with Gasteiger partial charge in [-0.2, -0.15) is 0 Å². The number of carbonyl (C=O) groups is 2. The second kappa shape index (κ2) is 9.83. The molecule has 0 saturated carbocycles. The normalized spacial score (nSPS) is 15.4. The number of anilines is 1. The van der Waals surface area contributed by atoms with Gasteiger partial charge in [-0.1, -0.05) is 23.7 Å². The van der Waals surface area contributed by atoms with Crippen LogP contribution in [0.5, 0.6) is 5.75 Å². The molecule has 1 aromatic heterocycles. The van der Waals surface area contributed by atoms with E-state index in [9.17, 15) is 9.59 Å². The predicted octanol–water partition coefficient (Wildman–Crippen LogP) is 4.58. The lowest BCUT2D eigenvalue weighted by molar-refractivity contribution is -0.119. The molecular weight excluding hydrogens is 426 g/mol. The van der Waals surface area contributed by atoms with E-state index in [-0.39, 0.29) is 11.8 Å². The molecule has 0 bridgehead atoms. The van der Waals surface area contributed by atoms with E-state index in [0.717, 1.165) is 18.4 Å². The van der Waals surface area contributed by atoms with Gasteiger partial charge in [-0.25, -0.2) is 0 Å². The highest BCUT2D eigenvalue weighted by molar-refractivity contribution is 6.31. The summed E-state index contributed by atoms with van der Waals surface area (Å²) in [6.45, 7) is 0.511. The molecule has 1 atom stereocenters. The van der Waals surface area contributed by atoms with E-state index in [4.69, 9.17) is 16.3 Å². The van der Waals surface area contributed by atoms with Crippen molar-refractivity contribution in [1.82, 2.24) is 9.88 Å². The molecule has 164 valence electrons. The van der Waals surface area contributed by atoms with Crippen LogP contribution in [-0.4, -0.2) is 41.4 Å². The number of hydrogen-bond acceptors (Lipinski definition) is 4. The molecule has 0 aliphatic carbocycles. The highest BCUT2D eigenvalue weighted by atomic mass is 35.5. The van der Waals surface area contributed by atoms with Crippen LogP contribution in [0.4, 0.5) is 5.69 Å². The Kier molecular flexibility index (Phi) is 6.71. The number of pyridine rings is 1. The van der Waals surface area contributed by atoms with Crippen LogP contribution in [0, 0.1) is 0 Å². The number of carbonyl (C=O) groups excluding carboxylic acids is 2. The van der Waals surface area contributed by atoms with Gasteiger partial charge >= 0.3 is 0 Å². The summed E-state index contributed by atoms with van der Waals surface area (Å²) in [5.74, 6) is -0.0105. The van der Waals surface area contributed by atoms with E-state index in [1.165, 1.54) is 12.7 Å². The molecule has 4 rings (SSSR count). The topological polar surface area (TPSA) is 71.5 Å². The van der Waals surface area contributed by atoms with Gasteiger partial charge in [0.15, 0.2) is 0 Å². The Morgan fingerprint density at radius 2 is 1.81 bits per heavy atom. The molecule has 1 unspecified atom stereocenters. The van der Waals surface area contributed by atoms with Crippen molar-refractivity contribution in [1.29, 1.82) is 0 Å². The Hall–Kier alpha value is -3.38. The third-order valence-electron chi connectivity index (χ3n) is 5.59. The van der Waals surface area contributed by atoms with Crippen LogP contribution in [-0.2, 0) is 11.2 Å². The van der Waals surface area contributed by atoms with Gasteiger partial charge in [-0.05, 0) is 72.9 Å². The SMILES string of the molecule is COc1ccc(Cl)cc1C(=O)N1CCCC1C(=O)Nc1ccc(Cc2ccncc2)cc1. The molecule has 2 amide bonds.